The number of aromatic nitrogens is 1. The van der Waals surface area contributed by atoms with E-state index in [0.29, 0.717) is 11.3 Å². The Bertz CT molecular complexity index is 716. The molecule has 0 amide bonds. The molecule has 20 heavy (non-hydrogen) atoms. The number of carbonyl (C=O) groups excluding carboxylic acids is 1. The molecule has 0 atom stereocenters. The van der Waals surface area contributed by atoms with Gasteiger partial charge in [0.1, 0.15) is 5.56 Å². The second-order valence-corrected chi connectivity index (χ2v) is 4.37. The van der Waals surface area contributed by atoms with Gasteiger partial charge in [0.25, 0.3) is 5.56 Å². The van der Waals surface area contributed by atoms with Crippen LogP contribution >= 0.6 is 0 Å². The number of ketones is 1. The number of nitrogens with zero attached hydrogens (tertiary/aromatic N) is 1. The second-order valence-electron chi connectivity index (χ2n) is 4.37. The molecule has 0 bridgehead atoms. The zero-order valence-corrected chi connectivity index (χ0v) is 10.9. The number of benzene rings is 1. The molecule has 0 radical (unpaired) electrons. The number of rotatable bonds is 4. The summed E-state index contributed by atoms with van der Waals surface area (Å²) in [7, 11) is 0. The summed E-state index contributed by atoms with van der Waals surface area (Å²) in [5.41, 5.74) is 0.0297. The van der Waals surface area contributed by atoms with Gasteiger partial charge in [0.05, 0.1) is 6.54 Å². The number of hydrogen-bond acceptors (Lipinski definition) is 3. The zero-order chi connectivity index (χ0) is 14.7. The van der Waals surface area contributed by atoms with Gasteiger partial charge in [-0.3, -0.25) is 9.59 Å². The van der Waals surface area contributed by atoms with Gasteiger partial charge < -0.3 is 9.67 Å². The van der Waals surface area contributed by atoms with Gasteiger partial charge in [-0.25, -0.2) is 4.79 Å². The Kier molecular flexibility index (Phi) is 3.79. The molecule has 1 aromatic carbocycles. The van der Waals surface area contributed by atoms with Crippen LogP contribution in [-0.4, -0.2) is 21.4 Å². The van der Waals surface area contributed by atoms with Gasteiger partial charge in [-0.2, -0.15) is 0 Å². The Morgan fingerprint density at radius 2 is 1.75 bits per heavy atom. The van der Waals surface area contributed by atoms with Crippen molar-refractivity contribution in [2.45, 2.75) is 13.5 Å². The zero-order valence-electron chi connectivity index (χ0n) is 10.9. The minimum absolute atomic E-state index is 0.171. The fraction of sp³-hybridized carbons (Fsp3) is 0.133. The van der Waals surface area contributed by atoms with Crippen molar-refractivity contribution in [3.05, 3.63) is 69.6 Å². The largest absolute Gasteiger partial charge is 0.477 e. The third kappa shape index (κ3) is 2.66. The van der Waals surface area contributed by atoms with Gasteiger partial charge in [-0.15, -0.1) is 0 Å². The Morgan fingerprint density at radius 3 is 2.35 bits per heavy atom. The van der Waals surface area contributed by atoms with E-state index in [9.17, 15) is 14.4 Å². The highest BCUT2D eigenvalue weighted by molar-refractivity contribution is 5.96. The molecular formula is C15H13NO4. The molecule has 5 heteroatoms. The first kappa shape index (κ1) is 13.7. The Morgan fingerprint density at radius 1 is 1.10 bits per heavy atom. The minimum Gasteiger partial charge on any atom is -0.477 e. The van der Waals surface area contributed by atoms with Gasteiger partial charge >= 0.3 is 5.97 Å². The molecule has 0 fully saturated rings. The molecule has 0 aliphatic heterocycles. The summed E-state index contributed by atoms with van der Waals surface area (Å²) in [4.78, 5) is 35.1. The third-order valence-corrected chi connectivity index (χ3v) is 3.02. The lowest BCUT2D eigenvalue weighted by atomic mass is 10.1. The van der Waals surface area contributed by atoms with Crippen molar-refractivity contribution in [2.24, 2.45) is 0 Å². The van der Waals surface area contributed by atoms with Crippen molar-refractivity contribution in [3.8, 4) is 0 Å². The molecule has 5 nitrogen and oxygen atoms in total. The normalized spacial score (nSPS) is 10.2. The standard InChI is InChI=1S/C15H13NO4/c1-10-7-8-12(15(19)20)14(18)16(10)9-13(17)11-5-3-2-4-6-11/h2-8H,9H2,1H3,(H,19,20). The average molecular weight is 271 g/mol. The molecule has 0 unspecified atom stereocenters. The van der Waals surface area contributed by atoms with Crippen molar-refractivity contribution in [1.82, 2.24) is 4.57 Å². The highest BCUT2D eigenvalue weighted by Gasteiger charge is 2.15. The SMILES string of the molecule is Cc1ccc(C(=O)O)c(=O)n1CC(=O)c1ccccc1. The number of carboxylic acid groups (broad SMARTS) is 1. The average Bonchev–Trinajstić information content (AvgIpc) is 2.43. The quantitative estimate of drug-likeness (QED) is 0.859. The maximum absolute atomic E-state index is 12.1. The van der Waals surface area contributed by atoms with E-state index in [1.165, 1.54) is 16.7 Å². The summed E-state index contributed by atoms with van der Waals surface area (Å²) in [5.74, 6) is -1.53. The lowest BCUT2D eigenvalue weighted by Gasteiger charge is -2.10. The third-order valence-electron chi connectivity index (χ3n) is 3.02. The molecule has 0 aliphatic carbocycles. The van der Waals surface area contributed by atoms with Crippen LogP contribution in [0.25, 0.3) is 0 Å². The highest BCUT2D eigenvalue weighted by atomic mass is 16.4. The minimum atomic E-state index is -1.30. The lowest BCUT2D eigenvalue weighted by Crippen LogP contribution is -2.30. The van der Waals surface area contributed by atoms with Crippen LogP contribution in [0.4, 0.5) is 0 Å². The molecule has 1 aromatic heterocycles. The number of Topliss-reactive ketones (excluding diaryl/α,β-unsaturated/α-hetero) is 1. The highest BCUT2D eigenvalue weighted by Crippen LogP contribution is 2.04. The first-order chi connectivity index (χ1) is 9.50. The van der Waals surface area contributed by atoms with E-state index in [-0.39, 0.29) is 17.9 Å². The summed E-state index contributed by atoms with van der Waals surface area (Å²) in [6.45, 7) is 1.49. The summed E-state index contributed by atoms with van der Waals surface area (Å²) in [5, 5.41) is 8.93. The Balaban J connectivity index is 2.39. The van der Waals surface area contributed by atoms with Gasteiger partial charge in [-0.05, 0) is 19.1 Å². The van der Waals surface area contributed by atoms with E-state index in [2.05, 4.69) is 0 Å². The van der Waals surface area contributed by atoms with E-state index < -0.39 is 11.5 Å². The fourth-order valence-electron chi connectivity index (χ4n) is 1.89. The van der Waals surface area contributed by atoms with E-state index in [4.69, 9.17) is 5.11 Å². The van der Waals surface area contributed by atoms with Crippen LogP contribution in [0.5, 0.6) is 0 Å². The fourth-order valence-corrected chi connectivity index (χ4v) is 1.89. The van der Waals surface area contributed by atoms with Crippen LogP contribution < -0.4 is 5.56 Å². The molecule has 2 aromatic rings. The van der Waals surface area contributed by atoms with Crippen molar-refractivity contribution >= 4 is 11.8 Å². The number of carboxylic acids is 1. The van der Waals surface area contributed by atoms with Crippen molar-refractivity contribution in [3.63, 3.8) is 0 Å². The number of aromatic carboxylic acids is 1. The van der Waals surface area contributed by atoms with Crippen LogP contribution in [0.15, 0.2) is 47.3 Å². The van der Waals surface area contributed by atoms with Gasteiger partial charge in [0.15, 0.2) is 5.78 Å². The summed E-state index contributed by atoms with van der Waals surface area (Å²) >= 11 is 0. The predicted molar refractivity (Wildman–Crippen MR) is 73.2 cm³/mol. The maximum Gasteiger partial charge on any atom is 0.341 e. The Labute approximate surface area is 115 Å². The number of carbonyl (C=O) groups is 2. The Hall–Kier alpha value is -2.69. The van der Waals surface area contributed by atoms with Crippen molar-refractivity contribution < 1.29 is 14.7 Å². The first-order valence-corrected chi connectivity index (χ1v) is 6.02. The predicted octanol–water partition coefficient (Wildman–Crippen LogP) is 1.74. The van der Waals surface area contributed by atoms with E-state index in [0.717, 1.165) is 0 Å². The van der Waals surface area contributed by atoms with E-state index in [1.54, 1.807) is 37.3 Å². The molecule has 2 rings (SSSR count). The van der Waals surface area contributed by atoms with E-state index in [1.807, 2.05) is 0 Å². The molecule has 0 spiro atoms. The topological polar surface area (TPSA) is 76.4 Å². The van der Waals surface area contributed by atoms with Crippen LogP contribution in [0.1, 0.15) is 26.4 Å². The van der Waals surface area contributed by atoms with Crippen LogP contribution in [0.3, 0.4) is 0 Å². The maximum atomic E-state index is 12.1. The molecule has 102 valence electrons. The summed E-state index contributed by atoms with van der Waals surface area (Å²) < 4.78 is 1.18. The van der Waals surface area contributed by atoms with Crippen molar-refractivity contribution in [1.29, 1.82) is 0 Å². The molecule has 0 aliphatic rings. The molecular weight excluding hydrogens is 258 g/mol. The molecule has 0 saturated heterocycles. The molecule has 0 saturated carbocycles. The first-order valence-electron chi connectivity index (χ1n) is 6.02. The monoisotopic (exact) mass is 271 g/mol. The lowest BCUT2D eigenvalue weighted by molar-refractivity contribution is 0.0693. The van der Waals surface area contributed by atoms with Crippen LogP contribution in [-0.2, 0) is 6.54 Å². The van der Waals surface area contributed by atoms with Crippen molar-refractivity contribution in [2.75, 3.05) is 0 Å². The smallest absolute Gasteiger partial charge is 0.341 e. The summed E-state index contributed by atoms with van der Waals surface area (Å²) in [6.07, 6.45) is 0. The van der Waals surface area contributed by atoms with Gasteiger partial charge in [0, 0.05) is 11.3 Å². The van der Waals surface area contributed by atoms with Gasteiger partial charge in [-0.1, -0.05) is 30.3 Å². The number of aryl methyl sites for hydroxylation is 1. The van der Waals surface area contributed by atoms with Gasteiger partial charge in [0.2, 0.25) is 0 Å². The number of pyridine rings is 1. The molecule has 1 heterocycles. The van der Waals surface area contributed by atoms with Crippen LogP contribution in [0, 0.1) is 6.92 Å². The van der Waals surface area contributed by atoms with E-state index >= 15 is 0 Å². The van der Waals surface area contributed by atoms with Crippen LogP contribution in [0.2, 0.25) is 0 Å². The summed E-state index contributed by atoms with van der Waals surface area (Å²) in [6, 6.07) is 11.3. The second kappa shape index (κ2) is 5.52. The molecule has 1 N–H and O–H groups in total. The number of hydrogen-bond donors (Lipinski definition) is 1.